The lowest BCUT2D eigenvalue weighted by molar-refractivity contribution is -0.135. The molecule has 2 aliphatic heterocycles. The molecule has 0 saturated carbocycles. The first-order valence-corrected chi connectivity index (χ1v) is 10.8. The first kappa shape index (κ1) is 18.4. The Hall–Kier alpha value is -1.40. The van der Waals surface area contributed by atoms with Gasteiger partial charge in [-0.15, -0.1) is 0 Å². The molecule has 5 nitrogen and oxygen atoms in total. The Kier molecular flexibility index (Phi) is 5.79. The number of amides is 1. The third-order valence-corrected chi connectivity index (χ3v) is 7.21. The van der Waals surface area contributed by atoms with Gasteiger partial charge in [-0.1, -0.05) is 37.0 Å². The van der Waals surface area contributed by atoms with Crippen LogP contribution in [0.1, 0.15) is 50.5 Å². The van der Waals surface area contributed by atoms with E-state index in [-0.39, 0.29) is 10.8 Å². The minimum Gasteiger partial charge on any atom is -0.341 e. The van der Waals surface area contributed by atoms with Crippen molar-refractivity contribution in [3.63, 3.8) is 0 Å². The van der Waals surface area contributed by atoms with E-state index in [9.17, 15) is 13.2 Å². The standard InChI is InChI=1S/C19H28N2O3S/c1-16-9-11-17(12-10-16)25(23,24)21-15-7-8-18(21)19(22)20-13-5-3-2-4-6-14-20/h9-12,18H,2-8,13-15H2,1H3. The Bertz CT molecular complexity index is 692. The van der Waals surface area contributed by atoms with E-state index in [1.54, 1.807) is 24.3 Å². The molecule has 25 heavy (non-hydrogen) atoms. The number of hydrogen-bond donors (Lipinski definition) is 0. The lowest BCUT2D eigenvalue weighted by Gasteiger charge is -2.31. The fourth-order valence-electron chi connectivity index (χ4n) is 3.80. The van der Waals surface area contributed by atoms with Crippen LogP contribution in [0.25, 0.3) is 0 Å². The van der Waals surface area contributed by atoms with Gasteiger partial charge in [0.1, 0.15) is 6.04 Å². The average molecular weight is 365 g/mol. The van der Waals surface area contributed by atoms with E-state index in [1.165, 1.54) is 10.7 Å². The molecule has 1 unspecified atom stereocenters. The van der Waals surface area contributed by atoms with Crippen molar-refractivity contribution in [2.75, 3.05) is 19.6 Å². The largest absolute Gasteiger partial charge is 0.341 e. The Morgan fingerprint density at radius 2 is 1.52 bits per heavy atom. The number of likely N-dealkylation sites (tertiary alicyclic amines) is 1. The lowest BCUT2D eigenvalue weighted by Crippen LogP contribution is -2.48. The molecule has 2 heterocycles. The van der Waals surface area contributed by atoms with Crippen LogP contribution in [-0.4, -0.2) is 49.2 Å². The second kappa shape index (κ2) is 7.87. The van der Waals surface area contributed by atoms with Crippen LogP contribution in [0.2, 0.25) is 0 Å². The van der Waals surface area contributed by atoms with Crippen molar-refractivity contribution in [1.29, 1.82) is 0 Å². The molecule has 2 saturated heterocycles. The van der Waals surface area contributed by atoms with Crippen LogP contribution in [0.4, 0.5) is 0 Å². The number of nitrogens with zero attached hydrogens (tertiary/aromatic N) is 2. The van der Waals surface area contributed by atoms with Crippen molar-refractivity contribution in [1.82, 2.24) is 9.21 Å². The Labute approximate surface area is 151 Å². The van der Waals surface area contributed by atoms with Gasteiger partial charge in [0, 0.05) is 19.6 Å². The number of hydrogen-bond acceptors (Lipinski definition) is 3. The average Bonchev–Trinajstić information content (AvgIpc) is 3.05. The second-order valence-corrected chi connectivity index (χ2v) is 9.07. The highest BCUT2D eigenvalue weighted by Gasteiger charge is 2.41. The number of benzene rings is 1. The normalized spacial score (nSPS) is 23.2. The summed E-state index contributed by atoms with van der Waals surface area (Å²) in [6.45, 7) is 3.88. The lowest BCUT2D eigenvalue weighted by atomic mass is 10.1. The predicted octanol–water partition coefficient (Wildman–Crippen LogP) is 2.94. The van der Waals surface area contributed by atoms with Gasteiger partial charge in [-0.3, -0.25) is 4.79 Å². The van der Waals surface area contributed by atoms with Gasteiger partial charge in [-0.2, -0.15) is 4.31 Å². The Morgan fingerprint density at radius 1 is 0.920 bits per heavy atom. The molecule has 0 bridgehead atoms. The maximum Gasteiger partial charge on any atom is 0.243 e. The molecule has 3 rings (SSSR count). The van der Waals surface area contributed by atoms with Crippen LogP contribution in [0, 0.1) is 6.92 Å². The van der Waals surface area contributed by atoms with Crippen LogP contribution in [-0.2, 0) is 14.8 Å². The topological polar surface area (TPSA) is 57.7 Å². The predicted molar refractivity (Wildman–Crippen MR) is 97.8 cm³/mol. The van der Waals surface area contributed by atoms with Gasteiger partial charge in [-0.05, 0) is 44.7 Å². The Balaban J connectivity index is 1.79. The van der Waals surface area contributed by atoms with Gasteiger partial charge in [0.05, 0.1) is 4.90 Å². The number of sulfonamides is 1. The summed E-state index contributed by atoms with van der Waals surface area (Å²) >= 11 is 0. The summed E-state index contributed by atoms with van der Waals surface area (Å²) in [6.07, 6.45) is 6.95. The zero-order valence-electron chi connectivity index (χ0n) is 15.0. The molecule has 2 fully saturated rings. The van der Waals surface area contributed by atoms with Gasteiger partial charge in [0.25, 0.3) is 0 Å². The van der Waals surface area contributed by atoms with E-state index >= 15 is 0 Å². The first-order valence-electron chi connectivity index (χ1n) is 9.37. The van der Waals surface area contributed by atoms with Crippen LogP contribution >= 0.6 is 0 Å². The summed E-state index contributed by atoms with van der Waals surface area (Å²) in [4.78, 5) is 15.2. The first-order chi connectivity index (χ1) is 12.0. The van der Waals surface area contributed by atoms with Crippen LogP contribution in [0.5, 0.6) is 0 Å². The van der Waals surface area contributed by atoms with Crippen molar-refractivity contribution in [2.45, 2.75) is 62.8 Å². The molecule has 1 aromatic carbocycles. The molecule has 0 aliphatic carbocycles. The van der Waals surface area contributed by atoms with Crippen LogP contribution in [0.3, 0.4) is 0 Å². The van der Waals surface area contributed by atoms with Crippen LogP contribution in [0.15, 0.2) is 29.2 Å². The SMILES string of the molecule is Cc1ccc(S(=O)(=O)N2CCCC2C(=O)N2CCCCCCC2)cc1. The molecular weight excluding hydrogens is 336 g/mol. The van der Waals surface area contributed by atoms with Crippen LogP contribution < -0.4 is 0 Å². The van der Waals surface area contributed by atoms with Crippen molar-refractivity contribution in [2.24, 2.45) is 0 Å². The van der Waals surface area contributed by atoms with Crippen molar-refractivity contribution in [3.8, 4) is 0 Å². The van der Waals surface area contributed by atoms with Gasteiger partial charge in [0.15, 0.2) is 0 Å². The summed E-state index contributed by atoms with van der Waals surface area (Å²) in [5.41, 5.74) is 1.02. The molecule has 0 N–H and O–H groups in total. The third kappa shape index (κ3) is 4.06. The van der Waals surface area contributed by atoms with Gasteiger partial charge in [0.2, 0.25) is 15.9 Å². The minimum atomic E-state index is -3.62. The molecule has 2 aliphatic rings. The molecule has 0 aromatic heterocycles. The summed E-state index contributed by atoms with van der Waals surface area (Å²) in [5.74, 6) is -0.00455. The highest BCUT2D eigenvalue weighted by Crippen LogP contribution is 2.28. The Morgan fingerprint density at radius 3 is 2.16 bits per heavy atom. The quantitative estimate of drug-likeness (QED) is 0.828. The molecule has 6 heteroatoms. The number of carbonyl (C=O) groups is 1. The maximum absolute atomic E-state index is 13.0. The van der Waals surface area contributed by atoms with E-state index in [2.05, 4.69) is 0 Å². The second-order valence-electron chi connectivity index (χ2n) is 7.18. The van der Waals surface area contributed by atoms with E-state index < -0.39 is 16.1 Å². The van der Waals surface area contributed by atoms with Crippen molar-refractivity contribution < 1.29 is 13.2 Å². The molecule has 0 radical (unpaired) electrons. The van der Waals surface area contributed by atoms with Gasteiger partial charge < -0.3 is 4.90 Å². The smallest absolute Gasteiger partial charge is 0.243 e. The molecule has 138 valence electrons. The fourth-order valence-corrected chi connectivity index (χ4v) is 5.45. The summed E-state index contributed by atoms with van der Waals surface area (Å²) in [6, 6.07) is 6.35. The summed E-state index contributed by atoms with van der Waals surface area (Å²) < 4.78 is 27.5. The molecule has 1 atom stereocenters. The summed E-state index contributed by atoms with van der Waals surface area (Å²) in [5, 5.41) is 0. The number of rotatable bonds is 3. The number of aryl methyl sites for hydroxylation is 1. The highest BCUT2D eigenvalue weighted by atomic mass is 32.2. The van der Waals surface area contributed by atoms with Crippen molar-refractivity contribution >= 4 is 15.9 Å². The highest BCUT2D eigenvalue weighted by molar-refractivity contribution is 7.89. The molecular formula is C19H28N2O3S. The zero-order valence-corrected chi connectivity index (χ0v) is 15.8. The van der Waals surface area contributed by atoms with E-state index in [4.69, 9.17) is 0 Å². The van der Waals surface area contributed by atoms with E-state index in [0.29, 0.717) is 13.0 Å². The molecule has 1 aromatic rings. The van der Waals surface area contributed by atoms with Crippen molar-refractivity contribution in [3.05, 3.63) is 29.8 Å². The van der Waals surface area contributed by atoms with E-state index in [0.717, 1.165) is 50.8 Å². The maximum atomic E-state index is 13.0. The summed E-state index contributed by atoms with van der Waals surface area (Å²) in [7, 11) is -3.62. The molecule has 0 spiro atoms. The van der Waals surface area contributed by atoms with Gasteiger partial charge in [-0.25, -0.2) is 8.42 Å². The van der Waals surface area contributed by atoms with E-state index in [1.807, 2.05) is 11.8 Å². The number of carbonyl (C=O) groups excluding carboxylic acids is 1. The fraction of sp³-hybridized carbons (Fsp3) is 0.632. The molecule has 1 amide bonds. The minimum absolute atomic E-state index is 0.00455. The monoisotopic (exact) mass is 364 g/mol. The van der Waals surface area contributed by atoms with Gasteiger partial charge >= 0.3 is 0 Å². The third-order valence-electron chi connectivity index (χ3n) is 5.28. The zero-order chi connectivity index (χ0) is 17.9.